The predicted molar refractivity (Wildman–Crippen MR) is 126 cm³/mol. The number of aryl methyl sites for hydroxylation is 2. The van der Waals surface area contributed by atoms with Crippen molar-refractivity contribution < 1.29 is 18.7 Å². The van der Waals surface area contributed by atoms with Gasteiger partial charge in [-0.25, -0.2) is 9.37 Å². The van der Waals surface area contributed by atoms with Crippen LogP contribution >= 0.6 is 11.3 Å². The summed E-state index contributed by atoms with van der Waals surface area (Å²) in [4.78, 5) is 33.4. The number of anilines is 1. The Bertz CT molecular complexity index is 1130. The number of hydrogen-bond acceptors (Lipinski definition) is 5. The maximum absolute atomic E-state index is 15.0. The van der Waals surface area contributed by atoms with Crippen molar-refractivity contribution in [2.24, 2.45) is 0 Å². The van der Waals surface area contributed by atoms with Gasteiger partial charge in [-0.2, -0.15) is 0 Å². The zero-order chi connectivity index (χ0) is 23.4. The molecule has 0 spiro atoms. The summed E-state index contributed by atoms with van der Waals surface area (Å²) in [6, 6.07) is 13.9. The number of amides is 2. The summed E-state index contributed by atoms with van der Waals surface area (Å²) in [7, 11) is 0. The van der Waals surface area contributed by atoms with Crippen molar-refractivity contribution >= 4 is 28.8 Å². The molecule has 0 bridgehead atoms. The number of nitrogens with one attached hydrogen (secondary N) is 1. The molecule has 172 valence electrons. The van der Waals surface area contributed by atoms with Gasteiger partial charge in [0.25, 0.3) is 5.91 Å². The average Bonchev–Trinajstić information content (AvgIpc) is 3.45. The van der Waals surface area contributed by atoms with Gasteiger partial charge in [0.2, 0.25) is 5.91 Å². The highest BCUT2D eigenvalue weighted by molar-refractivity contribution is 7.13. The summed E-state index contributed by atoms with van der Waals surface area (Å²) < 4.78 is 20.7. The van der Waals surface area contributed by atoms with Crippen molar-refractivity contribution in [3.63, 3.8) is 0 Å². The van der Waals surface area contributed by atoms with Gasteiger partial charge in [0.1, 0.15) is 16.7 Å². The van der Waals surface area contributed by atoms with Crippen molar-refractivity contribution in [2.75, 3.05) is 18.1 Å². The van der Waals surface area contributed by atoms with Gasteiger partial charge in [-0.3, -0.25) is 14.5 Å². The Hall–Kier alpha value is -3.10. The van der Waals surface area contributed by atoms with E-state index in [2.05, 4.69) is 10.3 Å². The Morgan fingerprint density at radius 3 is 2.55 bits per heavy atom. The monoisotopic (exact) mass is 467 g/mol. The van der Waals surface area contributed by atoms with Crippen molar-refractivity contribution in [3.05, 3.63) is 81.6 Å². The minimum atomic E-state index is -1.07. The molecular formula is C25H26FN3O3S. The molecule has 2 amide bonds. The molecule has 1 N–H and O–H groups in total. The fourth-order valence-electron chi connectivity index (χ4n) is 4.02. The smallest absolute Gasteiger partial charge is 0.271 e. The van der Waals surface area contributed by atoms with E-state index in [-0.39, 0.29) is 11.8 Å². The second-order valence-electron chi connectivity index (χ2n) is 7.97. The van der Waals surface area contributed by atoms with Crippen LogP contribution in [0.25, 0.3) is 0 Å². The van der Waals surface area contributed by atoms with Gasteiger partial charge in [0, 0.05) is 13.2 Å². The van der Waals surface area contributed by atoms with E-state index in [0.29, 0.717) is 29.3 Å². The quantitative estimate of drug-likeness (QED) is 0.552. The maximum Gasteiger partial charge on any atom is 0.271 e. The molecule has 1 aromatic heterocycles. The summed E-state index contributed by atoms with van der Waals surface area (Å²) in [6.45, 7) is 4.56. The molecule has 2 atom stereocenters. The summed E-state index contributed by atoms with van der Waals surface area (Å²) in [5, 5.41) is 3.65. The number of benzene rings is 2. The first-order valence-electron chi connectivity index (χ1n) is 10.9. The predicted octanol–water partition coefficient (Wildman–Crippen LogP) is 4.58. The molecule has 0 radical (unpaired) electrons. The highest BCUT2D eigenvalue weighted by atomic mass is 32.1. The van der Waals surface area contributed by atoms with Crippen LogP contribution in [0.4, 0.5) is 10.1 Å². The van der Waals surface area contributed by atoms with Crippen molar-refractivity contribution in [2.45, 2.75) is 38.8 Å². The fraction of sp³-hybridized carbons (Fsp3) is 0.320. The largest absolute Gasteiger partial charge is 0.376 e. The van der Waals surface area contributed by atoms with Gasteiger partial charge in [-0.15, -0.1) is 11.3 Å². The summed E-state index contributed by atoms with van der Waals surface area (Å²) in [5.74, 6) is -1.45. The molecule has 33 heavy (non-hydrogen) atoms. The molecule has 8 heteroatoms. The Labute approximate surface area is 196 Å². The van der Waals surface area contributed by atoms with Crippen LogP contribution in [-0.4, -0.2) is 36.1 Å². The molecular weight excluding hydrogens is 441 g/mol. The lowest BCUT2D eigenvalue weighted by molar-refractivity contribution is -0.123. The SMILES string of the molecule is Cc1nc(C)c(C(=O)N(c2ccccc2F)C(C(=O)NCC2CCCO2)c2ccccc2)s1. The van der Waals surface area contributed by atoms with Crippen LogP contribution in [0.3, 0.4) is 0 Å². The van der Waals surface area contributed by atoms with Crippen LogP contribution in [0.2, 0.25) is 0 Å². The number of carbonyl (C=O) groups is 2. The lowest BCUT2D eigenvalue weighted by Crippen LogP contribution is -2.46. The molecule has 4 rings (SSSR count). The molecule has 1 fully saturated rings. The first-order chi connectivity index (χ1) is 16.0. The number of carbonyl (C=O) groups excluding carboxylic acids is 2. The molecule has 2 heterocycles. The van der Waals surface area contributed by atoms with Gasteiger partial charge in [-0.1, -0.05) is 42.5 Å². The lowest BCUT2D eigenvalue weighted by Gasteiger charge is -2.31. The average molecular weight is 468 g/mol. The van der Waals surface area contributed by atoms with Crippen LogP contribution in [0.1, 0.15) is 44.8 Å². The zero-order valence-electron chi connectivity index (χ0n) is 18.6. The fourth-order valence-corrected chi connectivity index (χ4v) is 4.88. The highest BCUT2D eigenvalue weighted by Gasteiger charge is 2.36. The van der Waals surface area contributed by atoms with Crippen molar-refractivity contribution in [1.29, 1.82) is 0 Å². The van der Waals surface area contributed by atoms with E-state index in [9.17, 15) is 9.59 Å². The molecule has 1 aliphatic rings. The summed E-state index contributed by atoms with van der Waals surface area (Å²) >= 11 is 1.23. The van der Waals surface area contributed by atoms with Gasteiger partial charge in [0.05, 0.1) is 22.5 Å². The second-order valence-corrected chi connectivity index (χ2v) is 9.17. The normalized spacial score (nSPS) is 16.4. The Balaban J connectivity index is 1.78. The number of para-hydroxylation sites is 1. The number of thiazole rings is 1. The number of rotatable bonds is 7. The topological polar surface area (TPSA) is 71.5 Å². The van der Waals surface area contributed by atoms with E-state index in [0.717, 1.165) is 17.8 Å². The van der Waals surface area contributed by atoms with Crippen molar-refractivity contribution in [1.82, 2.24) is 10.3 Å². The second kappa shape index (κ2) is 10.2. The zero-order valence-corrected chi connectivity index (χ0v) is 19.4. The van der Waals surface area contributed by atoms with E-state index >= 15 is 4.39 Å². The van der Waals surface area contributed by atoms with E-state index in [1.54, 1.807) is 43.3 Å². The summed E-state index contributed by atoms with van der Waals surface area (Å²) in [6.07, 6.45) is 1.76. The van der Waals surface area contributed by atoms with Gasteiger partial charge >= 0.3 is 0 Å². The lowest BCUT2D eigenvalue weighted by atomic mass is 10.0. The van der Waals surface area contributed by atoms with E-state index in [1.807, 2.05) is 13.0 Å². The van der Waals surface area contributed by atoms with Gasteiger partial charge in [-0.05, 0) is 44.4 Å². The molecule has 1 aliphatic heterocycles. The highest BCUT2D eigenvalue weighted by Crippen LogP contribution is 2.33. The van der Waals surface area contributed by atoms with Crippen LogP contribution in [0.15, 0.2) is 54.6 Å². The molecule has 0 saturated carbocycles. The number of hydrogen-bond donors (Lipinski definition) is 1. The Morgan fingerprint density at radius 1 is 1.18 bits per heavy atom. The van der Waals surface area contributed by atoms with E-state index in [1.165, 1.54) is 28.4 Å². The van der Waals surface area contributed by atoms with Crippen LogP contribution < -0.4 is 10.2 Å². The van der Waals surface area contributed by atoms with Crippen molar-refractivity contribution in [3.8, 4) is 0 Å². The van der Waals surface area contributed by atoms with E-state index in [4.69, 9.17) is 4.74 Å². The Kier molecular flexibility index (Phi) is 7.15. The van der Waals surface area contributed by atoms with Crippen LogP contribution in [-0.2, 0) is 9.53 Å². The van der Waals surface area contributed by atoms with Gasteiger partial charge in [0.15, 0.2) is 0 Å². The maximum atomic E-state index is 15.0. The molecule has 3 aromatic rings. The number of halogens is 1. The van der Waals surface area contributed by atoms with Gasteiger partial charge < -0.3 is 10.1 Å². The molecule has 2 aromatic carbocycles. The molecule has 2 unspecified atom stereocenters. The first-order valence-corrected chi connectivity index (χ1v) is 11.7. The minimum absolute atomic E-state index is 0.0362. The minimum Gasteiger partial charge on any atom is -0.376 e. The third-order valence-corrected chi connectivity index (χ3v) is 6.64. The van der Waals surface area contributed by atoms with E-state index < -0.39 is 23.7 Å². The third-order valence-electron chi connectivity index (χ3n) is 5.58. The number of aromatic nitrogens is 1. The molecule has 1 saturated heterocycles. The van der Waals surface area contributed by atoms with Crippen LogP contribution in [0.5, 0.6) is 0 Å². The number of nitrogens with zero attached hydrogens (tertiary/aromatic N) is 2. The first kappa shape index (κ1) is 23.1. The molecule has 6 nitrogen and oxygen atoms in total. The molecule has 0 aliphatic carbocycles. The third kappa shape index (κ3) is 5.12. The van der Waals surface area contributed by atoms with Crippen LogP contribution in [0, 0.1) is 19.7 Å². The summed E-state index contributed by atoms with van der Waals surface area (Å²) in [5.41, 5.74) is 1.17. The Morgan fingerprint density at radius 2 is 1.91 bits per heavy atom. The number of ether oxygens (including phenoxy) is 1. The standard InChI is InChI=1S/C25H26FN3O3S/c1-16-23(33-17(2)28-16)25(31)29(21-13-7-6-12-20(21)26)22(18-9-4-3-5-10-18)24(30)27-15-19-11-8-14-32-19/h3-7,9-10,12-13,19,22H,8,11,14-15H2,1-2H3,(H,27,30).